The normalized spacial score (nSPS) is 13.1. The molecule has 1 aromatic heterocycles. The zero-order valence-electron chi connectivity index (χ0n) is 8.23. The molecule has 0 aliphatic heterocycles. The number of sulfone groups is 1. The van der Waals surface area contributed by atoms with Crippen LogP contribution in [0, 0.1) is 0 Å². The predicted molar refractivity (Wildman–Crippen MR) is 57.9 cm³/mol. The van der Waals surface area contributed by atoms with E-state index in [9.17, 15) is 8.42 Å². The van der Waals surface area contributed by atoms with Gasteiger partial charge in [0.25, 0.3) is 0 Å². The second kappa shape index (κ2) is 3.96. The zero-order valence-corrected chi connectivity index (χ0v) is 9.86. The van der Waals surface area contributed by atoms with Crippen LogP contribution >= 0.6 is 11.3 Å². The highest BCUT2D eigenvalue weighted by molar-refractivity contribution is 7.90. The Labute approximate surface area is 88.1 Å². The van der Waals surface area contributed by atoms with E-state index in [1.54, 1.807) is 25.4 Å². The topological polar surface area (TPSA) is 73.1 Å². The van der Waals surface area contributed by atoms with Crippen LogP contribution in [0.2, 0.25) is 0 Å². The third-order valence-corrected chi connectivity index (χ3v) is 4.28. The first-order valence-electron chi connectivity index (χ1n) is 4.16. The minimum Gasteiger partial charge on any atom is -0.325 e. The van der Waals surface area contributed by atoms with E-state index in [1.165, 1.54) is 11.3 Å². The first kappa shape index (κ1) is 11.6. The van der Waals surface area contributed by atoms with E-state index in [-0.39, 0.29) is 11.5 Å². The Morgan fingerprint density at radius 3 is 2.64 bits per heavy atom. The largest absolute Gasteiger partial charge is 0.325 e. The van der Waals surface area contributed by atoms with Gasteiger partial charge < -0.3 is 5.73 Å². The molecule has 4 nitrogen and oxygen atoms in total. The maximum absolute atomic E-state index is 11.6. The molecular weight excluding hydrogens is 220 g/mol. The number of aromatic nitrogens is 1. The molecule has 0 saturated carbocycles. The number of thiazole rings is 1. The lowest BCUT2D eigenvalue weighted by molar-refractivity contribution is 0.544. The van der Waals surface area contributed by atoms with Crippen LogP contribution < -0.4 is 5.73 Å². The SMILES string of the molecule is CC(C)(N)CS(=O)(=O)Cc1nccs1. The van der Waals surface area contributed by atoms with E-state index in [2.05, 4.69) is 4.98 Å². The van der Waals surface area contributed by atoms with Crippen molar-refractivity contribution in [2.45, 2.75) is 25.1 Å². The van der Waals surface area contributed by atoms with E-state index in [0.717, 1.165) is 0 Å². The standard InChI is InChI=1S/C8H14N2O2S2/c1-8(2,9)6-14(11,12)5-7-10-3-4-13-7/h3-4H,5-6,9H2,1-2H3. The minimum atomic E-state index is -3.14. The molecule has 0 radical (unpaired) electrons. The summed E-state index contributed by atoms with van der Waals surface area (Å²) in [4.78, 5) is 3.93. The third kappa shape index (κ3) is 4.17. The van der Waals surface area contributed by atoms with Crippen molar-refractivity contribution in [3.63, 3.8) is 0 Å². The van der Waals surface area contributed by atoms with Gasteiger partial charge in [-0.05, 0) is 13.8 Å². The number of nitrogens with two attached hydrogens (primary N) is 1. The van der Waals surface area contributed by atoms with Crippen LogP contribution in [0.3, 0.4) is 0 Å². The van der Waals surface area contributed by atoms with E-state index in [0.29, 0.717) is 5.01 Å². The fourth-order valence-electron chi connectivity index (χ4n) is 1.13. The summed E-state index contributed by atoms with van der Waals surface area (Å²) in [6.45, 7) is 3.40. The van der Waals surface area contributed by atoms with Crippen LogP contribution in [0.4, 0.5) is 0 Å². The van der Waals surface area contributed by atoms with Crippen LogP contribution in [-0.2, 0) is 15.6 Å². The van der Waals surface area contributed by atoms with Crippen molar-refractivity contribution in [3.05, 3.63) is 16.6 Å². The van der Waals surface area contributed by atoms with Gasteiger partial charge >= 0.3 is 0 Å². The number of hydrogen-bond donors (Lipinski definition) is 1. The Kier molecular flexibility index (Phi) is 3.28. The molecule has 2 N–H and O–H groups in total. The highest BCUT2D eigenvalue weighted by Gasteiger charge is 2.23. The van der Waals surface area contributed by atoms with Crippen molar-refractivity contribution in [3.8, 4) is 0 Å². The molecule has 1 aromatic rings. The molecule has 0 saturated heterocycles. The molecule has 0 atom stereocenters. The molecule has 14 heavy (non-hydrogen) atoms. The van der Waals surface area contributed by atoms with Gasteiger partial charge in [0.2, 0.25) is 0 Å². The molecule has 6 heteroatoms. The fourth-order valence-corrected chi connectivity index (χ4v) is 4.03. The quantitative estimate of drug-likeness (QED) is 0.836. The summed E-state index contributed by atoms with van der Waals surface area (Å²) in [5, 5.41) is 2.38. The molecule has 0 aliphatic carbocycles. The van der Waals surface area contributed by atoms with Crippen molar-refractivity contribution in [2.75, 3.05) is 5.75 Å². The fraction of sp³-hybridized carbons (Fsp3) is 0.625. The smallest absolute Gasteiger partial charge is 0.158 e. The molecule has 0 spiro atoms. The van der Waals surface area contributed by atoms with E-state index in [1.807, 2.05) is 0 Å². The predicted octanol–water partition coefficient (Wildman–Crippen LogP) is 0.795. The van der Waals surface area contributed by atoms with Crippen LogP contribution in [0.1, 0.15) is 18.9 Å². The molecule has 0 bridgehead atoms. The van der Waals surface area contributed by atoms with Crippen molar-refractivity contribution >= 4 is 21.2 Å². The second-order valence-electron chi connectivity index (χ2n) is 3.95. The summed E-state index contributed by atoms with van der Waals surface area (Å²) >= 11 is 1.34. The van der Waals surface area contributed by atoms with Crippen molar-refractivity contribution in [1.29, 1.82) is 0 Å². The van der Waals surface area contributed by atoms with Gasteiger partial charge in [0.15, 0.2) is 9.84 Å². The van der Waals surface area contributed by atoms with Crippen molar-refractivity contribution < 1.29 is 8.42 Å². The summed E-state index contributed by atoms with van der Waals surface area (Å²) in [6, 6.07) is 0. The van der Waals surface area contributed by atoms with Gasteiger partial charge in [-0.1, -0.05) is 0 Å². The van der Waals surface area contributed by atoms with Gasteiger partial charge in [0.1, 0.15) is 10.8 Å². The van der Waals surface area contributed by atoms with Gasteiger partial charge in [-0.25, -0.2) is 13.4 Å². The summed E-state index contributed by atoms with van der Waals surface area (Å²) in [6.07, 6.45) is 1.60. The maximum atomic E-state index is 11.6. The zero-order chi connectivity index (χ0) is 10.8. The molecule has 0 aromatic carbocycles. The summed E-state index contributed by atoms with van der Waals surface area (Å²) in [7, 11) is -3.14. The number of rotatable bonds is 4. The van der Waals surface area contributed by atoms with Gasteiger partial charge in [-0.2, -0.15) is 0 Å². The lowest BCUT2D eigenvalue weighted by Crippen LogP contribution is -2.40. The monoisotopic (exact) mass is 234 g/mol. The number of nitrogens with zero attached hydrogens (tertiary/aromatic N) is 1. The van der Waals surface area contributed by atoms with E-state index < -0.39 is 15.4 Å². The molecular formula is C8H14N2O2S2. The van der Waals surface area contributed by atoms with Gasteiger partial charge in [-0.3, -0.25) is 0 Å². The van der Waals surface area contributed by atoms with Crippen LogP contribution in [-0.4, -0.2) is 24.7 Å². The molecule has 0 unspecified atom stereocenters. The molecule has 80 valence electrons. The lowest BCUT2D eigenvalue weighted by atomic mass is 10.1. The summed E-state index contributed by atoms with van der Waals surface area (Å²) in [5.74, 6) is -0.0229. The van der Waals surface area contributed by atoms with Crippen LogP contribution in [0.25, 0.3) is 0 Å². The highest BCUT2D eigenvalue weighted by Crippen LogP contribution is 2.12. The first-order chi connectivity index (χ1) is 6.29. The summed E-state index contributed by atoms with van der Waals surface area (Å²) in [5.41, 5.74) is 4.97. The Morgan fingerprint density at radius 2 is 2.21 bits per heavy atom. The van der Waals surface area contributed by atoms with Gasteiger partial charge in [0, 0.05) is 17.1 Å². The molecule has 0 aliphatic rings. The first-order valence-corrected chi connectivity index (χ1v) is 6.86. The maximum Gasteiger partial charge on any atom is 0.158 e. The summed E-state index contributed by atoms with van der Waals surface area (Å²) < 4.78 is 23.2. The molecule has 1 rings (SSSR count). The highest BCUT2D eigenvalue weighted by atomic mass is 32.2. The average Bonchev–Trinajstić information content (AvgIpc) is 2.31. The van der Waals surface area contributed by atoms with Crippen LogP contribution in [0.15, 0.2) is 11.6 Å². The van der Waals surface area contributed by atoms with Gasteiger partial charge in [-0.15, -0.1) is 11.3 Å². The van der Waals surface area contributed by atoms with Crippen molar-refractivity contribution in [2.24, 2.45) is 5.73 Å². The Balaban J connectivity index is 2.69. The second-order valence-corrected chi connectivity index (χ2v) is 6.99. The van der Waals surface area contributed by atoms with Crippen molar-refractivity contribution in [1.82, 2.24) is 4.98 Å². The Bertz CT molecular complexity index is 376. The molecule has 0 amide bonds. The van der Waals surface area contributed by atoms with Gasteiger partial charge in [0.05, 0.1) is 5.75 Å². The lowest BCUT2D eigenvalue weighted by Gasteiger charge is -2.17. The third-order valence-electron chi connectivity index (χ3n) is 1.42. The van der Waals surface area contributed by atoms with E-state index in [4.69, 9.17) is 5.73 Å². The Hall–Kier alpha value is -0.460. The molecule has 1 heterocycles. The van der Waals surface area contributed by atoms with Crippen LogP contribution in [0.5, 0.6) is 0 Å². The number of hydrogen-bond acceptors (Lipinski definition) is 5. The van der Waals surface area contributed by atoms with E-state index >= 15 is 0 Å². The average molecular weight is 234 g/mol. The molecule has 0 fully saturated rings. The Morgan fingerprint density at radius 1 is 1.57 bits per heavy atom. The minimum absolute atomic E-state index is 0.00863.